The molecule has 0 radical (unpaired) electrons. The van der Waals surface area contributed by atoms with Gasteiger partial charge in [0.15, 0.2) is 5.41 Å². The first-order valence-electron chi connectivity index (χ1n) is 7.03. The number of methoxy groups -OCH3 is 3. The molecule has 0 N–H and O–H groups in total. The highest BCUT2D eigenvalue weighted by atomic mass is 16.5. The Labute approximate surface area is 140 Å². The van der Waals surface area contributed by atoms with Crippen molar-refractivity contribution in [2.75, 3.05) is 27.9 Å². The Morgan fingerprint density at radius 1 is 0.833 bits per heavy atom. The van der Waals surface area contributed by atoms with E-state index in [0.29, 0.717) is 0 Å². The van der Waals surface area contributed by atoms with Crippen molar-refractivity contribution < 1.29 is 38.1 Å². The van der Waals surface area contributed by atoms with Crippen LogP contribution >= 0.6 is 0 Å². The number of rotatable bonds is 9. The molecular formula is C16H22O8. The molecule has 0 aliphatic heterocycles. The summed E-state index contributed by atoms with van der Waals surface area (Å²) in [5, 5.41) is 0. The number of carbonyl (C=O) groups excluding carboxylic acids is 4. The van der Waals surface area contributed by atoms with Gasteiger partial charge in [-0.25, -0.2) is 4.79 Å². The van der Waals surface area contributed by atoms with Crippen LogP contribution in [0.3, 0.4) is 0 Å². The Morgan fingerprint density at radius 3 is 1.83 bits per heavy atom. The number of hydrogen-bond donors (Lipinski definition) is 0. The van der Waals surface area contributed by atoms with Gasteiger partial charge in [-0.2, -0.15) is 0 Å². The van der Waals surface area contributed by atoms with Crippen LogP contribution in [0.15, 0.2) is 24.3 Å². The van der Waals surface area contributed by atoms with Crippen LogP contribution in [0.25, 0.3) is 0 Å². The highest BCUT2D eigenvalue weighted by Gasteiger charge is 2.46. The molecule has 0 spiro atoms. The average Bonchev–Trinajstić information content (AvgIpc) is 2.57. The summed E-state index contributed by atoms with van der Waals surface area (Å²) in [5.41, 5.74) is -1.65. The van der Waals surface area contributed by atoms with Gasteiger partial charge >= 0.3 is 23.9 Å². The molecule has 0 bridgehead atoms. The molecule has 0 aromatic rings. The molecule has 0 heterocycles. The molecule has 0 unspecified atom stereocenters. The number of hydrogen-bond acceptors (Lipinski definition) is 8. The van der Waals surface area contributed by atoms with E-state index in [-0.39, 0.29) is 19.4 Å². The van der Waals surface area contributed by atoms with Crippen LogP contribution < -0.4 is 0 Å². The van der Waals surface area contributed by atoms with Crippen LogP contribution in [0.4, 0.5) is 0 Å². The number of allylic oxidation sites excluding steroid dienone is 2. The van der Waals surface area contributed by atoms with E-state index in [1.165, 1.54) is 32.3 Å². The van der Waals surface area contributed by atoms with E-state index >= 15 is 0 Å². The molecule has 0 aliphatic carbocycles. The first-order chi connectivity index (χ1) is 11.3. The largest absolute Gasteiger partial charge is 0.468 e. The number of carbonyl (C=O) groups is 4. The normalized spacial score (nSPS) is 11.3. The van der Waals surface area contributed by atoms with Gasteiger partial charge in [-0.05, 0) is 12.8 Å². The van der Waals surface area contributed by atoms with Crippen molar-refractivity contribution >= 4 is 23.9 Å². The highest BCUT2D eigenvalue weighted by molar-refractivity contribution is 6.00. The summed E-state index contributed by atoms with van der Waals surface area (Å²) < 4.78 is 18.6. The molecule has 0 saturated heterocycles. The van der Waals surface area contributed by atoms with E-state index in [1.54, 1.807) is 0 Å². The zero-order valence-electron chi connectivity index (χ0n) is 14.2. The molecular weight excluding hydrogens is 320 g/mol. The van der Waals surface area contributed by atoms with Gasteiger partial charge in [0.25, 0.3) is 0 Å². The first kappa shape index (κ1) is 21.4. The standard InChI is InChI=1S/C16H22O8/c1-12(17)24-11-6-5-9-16(14(19)22-3,15(20)23-4)10-7-8-13(18)21-2/h5-8H,9-11H2,1-4H3/b6-5+,8-7+. The molecule has 0 amide bonds. The third-order valence-electron chi connectivity index (χ3n) is 3.09. The minimum atomic E-state index is -1.65. The van der Waals surface area contributed by atoms with Crippen molar-refractivity contribution in [2.45, 2.75) is 19.8 Å². The van der Waals surface area contributed by atoms with Crippen molar-refractivity contribution in [3.8, 4) is 0 Å². The maximum atomic E-state index is 12.2. The molecule has 0 fully saturated rings. The molecule has 0 atom stereocenters. The van der Waals surface area contributed by atoms with E-state index in [0.717, 1.165) is 20.3 Å². The molecule has 0 saturated carbocycles. The van der Waals surface area contributed by atoms with Gasteiger partial charge < -0.3 is 18.9 Å². The molecule has 0 aromatic heterocycles. The Kier molecular flexibility index (Phi) is 9.77. The average molecular weight is 342 g/mol. The van der Waals surface area contributed by atoms with Gasteiger partial charge in [0.1, 0.15) is 6.61 Å². The number of ether oxygens (including phenoxy) is 4. The monoisotopic (exact) mass is 342 g/mol. The highest BCUT2D eigenvalue weighted by Crippen LogP contribution is 2.31. The molecule has 0 aromatic carbocycles. The van der Waals surface area contributed by atoms with Crippen LogP contribution in [0.1, 0.15) is 19.8 Å². The van der Waals surface area contributed by atoms with Crippen molar-refractivity contribution in [3.63, 3.8) is 0 Å². The molecule has 134 valence electrons. The maximum absolute atomic E-state index is 12.2. The summed E-state index contributed by atoms with van der Waals surface area (Å²) in [7, 11) is 3.50. The predicted molar refractivity (Wildman–Crippen MR) is 82.6 cm³/mol. The Hall–Kier alpha value is -2.64. The van der Waals surface area contributed by atoms with Crippen molar-refractivity contribution in [3.05, 3.63) is 24.3 Å². The van der Waals surface area contributed by atoms with Gasteiger partial charge in [-0.3, -0.25) is 14.4 Å². The lowest BCUT2D eigenvalue weighted by atomic mass is 9.80. The van der Waals surface area contributed by atoms with Gasteiger partial charge in [0, 0.05) is 13.0 Å². The minimum Gasteiger partial charge on any atom is -0.468 e. The lowest BCUT2D eigenvalue weighted by molar-refractivity contribution is -0.168. The summed E-state index contributed by atoms with van der Waals surface area (Å²) in [6.45, 7) is 1.27. The van der Waals surface area contributed by atoms with E-state index < -0.39 is 29.3 Å². The SMILES string of the molecule is COC(=O)/C=C/CC(C/C=C/COC(C)=O)(C(=O)OC)C(=O)OC. The fourth-order valence-electron chi connectivity index (χ4n) is 1.83. The van der Waals surface area contributed by atoms with Crippen LogP contribution in [-0.2, 0) is 38.1 Å². The fraction of sp³-hybridized carbons (Fsp3) is 0.500. The molecule has 0 aliphatic rings. The van der Waals surface area contributed by atoms with Crippen LogP contribution in [0.5, 0.6) is 0 Å². The van der Waals surface area contributed by atoms with E-state index in [9.17, 15) is 19.2 Å². The van der Waals surface area contributed by atoms with Crippen LogP contribution in [0, 0.1) is 5.41 Å². The van der Waals surface area contributed by atoms with Crippen molar-refractivity contribution in [1.82, 2.24) is 0 Å². The molecule has 8 nitrogen and oxygen atoms in total. The number of esters is 4. The first-order valence-corrected chi connectivity index (χ1v) is 7.03. The second-order valence-electron chi connectivity index (χ2n) is 4.67. The fourth-order valence-corrected chi connectivity index (χ4v) is 1.83. The zero-order valence-corrected chi connectivity index (χ0v) is 14.2. The third kappa shape index (κ3) is 6.64. The summed E-state index contributed by atoms with van der Waals surface area (Å²) in [6, 6.07) is 0. The smallest absolute Gasteiger partial charge is 0.330 e. The lowest BCUT2D eigenvalue weighted by Crippen LogP contribution is -2.40. The van der Waals surface area contributed by atoms with Gasteiger partial charge in [-0.15, -0.1) is 0 Å². The second kappa shape index (κ2) is 11.0. The summed E-state index contributed by atoms with van der Waals surface area (Å²) in [6.07, 6.45) is 5.25. The summed E-state index contributed by atoms with van der Waals surface area (Å²) in [5.74, 6) is -2.68. The minimum absolute atomic E-state index is 0.00571. The zero-order chi connectivity index (χ0) is 18.6. The molecule has 24 heavy (non-hydrogen) atoms. The van der Waals surface area contributed by atoms with E-state index in [4.69, 9.17) is 14.2 Å². The Morgan fingerprint density at radius 2 is 1.38 bits per heavy atom. The summed E-state index contributed by atoms with van der Waals surface area (Å²) >= 11 is 0. The van der Waals surface area contributed by atoms with Gasteiger partial charge in [-0.1, -0.05) is 18.2 Å². The Bertz CT molecular complexity index is 502. The predicted octanol–water partition coefficient (Wildman–Crippen LogP) is 0.947. The molecule has 0 rings (SSSR count). The maximum Gasteiger partial charge on any atom is 0.330 e. The van der Waals surface area contributed by atoms with E-state index in [1.807, 2.05) is 0 Å². The summed E-state index contributed by atoms with van der Waals surface area (Å²) in [4.78, 5) is 46.1. The van der Waals surface area contributed by atoms with Gasteiger partial charge in [0.2, 0.25) is 0 Å². The van der Waals surface area contributed by atoms with Gasteiger partial charge in [0.05, 0.1) is 21.3 Å². The topological polar surface area (TPSA) is 105 Å². The van der Waals surface area contributed by atoms with E-state index in [2.05, 4.69) is 4.74 Å². The van der Waals surface area contributed by atoms with Crippen molar-refractivity contribution in [1.29, 1.82) is 0 Å². The van der Waals surface area contributed by atoms with Crippen LogP contribution in [0.2, 0.25) is 0 Å². The van der Waals surface area contributed by atoms with Crippen LogP contribution in [-0.4, -0.2) is 51.8 Å². The molecule has 8 heteroatoms. The quantitative estimate of drug-likeness (QED) is 0.200. The lowest BCUT2D eigenvalue weighted by Gasteiger charge is -2.25. The Balaban J connectivity index is 5.32. The third-order valence-corrected chi connectivity index (χ3v) is 3.09. The second-order valence-corrected chi connectivity index (χ2v) is 4.67. The van der Waals surface area contributed by atoms with Crippen molar-refractivity contribution in [2.24, 2.45) is 5.41 Å².